The molecule has 0 aromatic heterocycles. The van der Waals surface area contributed by atoms with E-state index in [1.807, 2.05) is 212 Å². The molecule has 5 unspecified atom stereocenters. The lowest BCUT2D eigenvalue weighted by molar-refractivity contribution is -0.179. The summed E-state index contributed by atoms with van der Waals surface area (Å²) in [5.74, 6) is -0.0886. The van der Waals surface area contributed by atoms with Gasteiger partial charge < -0.3 is 19.3 Å². The number of Topliss-reactive ketones (excluding diaryl/α,β-unsaturated/α-hetero) is 5. The van der Waals surface area contributed by atoms with E-state index in [4.69, 9.17) is 14.2 Å². The van der Waals surface area contributed by atoms with Crippen molar-refractivity contribution in [1.29, 1.82) is 0 Å². The molecule has 9 aromatic rings. The summed E-state index contributed by atoms with van der Waals surface area (Å²) in [4.78, 5) is 71.9. The van der Waals surface area contributed by atoms with Gasteiger partial charge in [0.2, 0.25) is 0 Å². The Bertz CT molecular complexity index is 3370. The topological polar surface area (TPSA) is 150 Å². The summed E-state index contributed by atoms with van der Waals surface area (Å²) in [6.07, 6.45) is 1.75. The maximum atomic E-state index is 12.8. The number of aliphatic hydroxyl groups excluding tert-OH is 1. The summed E-state index contributed by atoms with van der Waals surface area (Å²) in [6, 6.07) is 83.3. The third-order valence-corrected chi connectivity index (χ3v) is 13.8. The van der Waals surface area contributed by atoms with Crippen molar-refractivity contribution in [2.75, 3.05) is 13.2 Å². The fourth-order valence-corrected chi connectivity index (χ4v) is 9.02. The van der Waals surface area contributed by atoms with Gasteiger partial charge in [-0.3, -0.25) is 28.8 Å². The molecule has 2 aliphatic rings. The number of rotatable bonds is 18. The highest BCUT2D eigenvalue weighted by Gasteiger charge is 2.35. The molecule has 0 bridgehead atoms. The Morgan fingerprint density at radius 3 is 1.15 bits per heavy atom. The van der Waals surface area contributed by atoms with E-state index in [-0.39, 0.29) is 46.9 Å². The average Bonchev–Trinajstić information content (AvgIpc) is 3.75. The molecular formula is C75H72O10. The summed E-state index contributed by atoms with van der Waals surface area (Å²) in [7, 11) is 0. The van der Waals surface area contributed by atoms with Crippen LogP contribution in [0.15, 0.2) is 273 Å². The van der Waals surface area contributed by atoms with Gasteiger partial charge in [-0.25, -0.2) is 0 Å². The first-order chi connectivity index (χ1) is 41.5. The Balaban J connectivity index is 0.000000154. The van der Waals surface area contributed by atoms with E-state index in [1.54, 1.807) is 60.7 Å². The maximum absolute atomic E-state index is 12.8. The van der Waals surface area contributed by atoms with E-state index in [0.29, 0.717) is 53.4 Å². The van der Waals surface area contributed by atoms with Gasteiger partial charge in [-0.1, -0.05) is 287 Å². The van der Waals surface area contributed by atoms with Gasteiger partial charge in [0.15, 0.2) is 35.2 Å². The number of aliphatic hydroxyl groups is 1. The van der Waals surface area contributed by atoms with Gasteiger partial charge in [0, 0.05) is 46.4 Å². The highest BCUT2D eigenvalue weighted by molar-refractivity contribution is 6.13. The van der Waals surface area contributed by atoms with Gasteiger partial charge in [-0.05, 0) is 48.3 Å². The van der Waals surface area contributed by atoms with E-state index in [9.17, 15) is 33.9 Å². The van der Waals surface area contributed by atoms with Crippen molar-refractivity contribution in [2.45, 2.75) is 70.6 Å². The number of carbonyl (C=O) groups is 6. The zero-order valence-corrected chi connectivity index (χ0v) is 48.0. The summed E-state index contributed by atoms with van der Waals surface area (Å²) >= 11 is 0. The molecule has 9 aromatic carbocycles. The molecule has 5 atom stereocenters. The second kappa shape index (κ2) is 34.4. The van der Waals surface area contributed by atoms with Gasteiger partial charge in [-0.2, -0.15) is 0 Å². The van der Waals surface area contributed by atoms with E-state index in [2.05, 4.69) is 13.8 Å². The zero-order chi connectivity index (χ0) is 60.0. The summed E-state index contributed by atoms with van der Waals surface area (Å²) < 4.78 is 17.5. The van der Waals surface area contributed by atoms with Crippen molar-refractivity contribution in [3.63, 3.8) is 0 Å². The van der Waals surface area contributed by atoms with Crippen LogP contribution in [0, 0.1) is 11.8 Å². The fourth-order valence-electron chi connectivity index (χ4n) is 9.02. The Hall–Kier alpha value is -9.16. The molecule has 2 fully saturated rings. The predicted molar refractivity (Wildman–Crippen MR) is 332 cm³/mol. The molecule has 1 aliphatic carbocycles. The van der Waals surface area contributed by atoms with Gasteiger partial charge in [0.05, 0.1) is 12.5 Å². The number of ketones is 6. The molecule has 1 heterocycles. The lowest BCUT2D eigenvalue weighted by Gasteiger charge is -2.27. The number of hydrogen-bond acceptors (Lipinski definition) is 10. The molecule has 0 radical (unpaired) electrons. The van der Waals surface area contributed by atoms with Crippen LogP contribution in [0.2, 0.25) is 0 Å². The fraction of sp³-hybridized carbons (Fsp3) is 0.200. The monoisotopic (exact) mass is 1130 g/mol. The quantitative estimate of drug-likeness (QED) is 0.0649. The van der Waals surface area contributed by atoms with Crippen molar-refractivity contribution < 1.29 is 48.1 Å². The first kappa shape index (κ1) is 63.4. The SMILES string of the molecule is CC(C)COC(C(=O)c1ccccc1)c1ccccc1.O=C(c1ccccc1)C(O)c1ccccc1.O=C(c1ccccc1)C(OC1CCCCO1)c1ccccc1.O=C(c1ccccc1)c1ccccc1.O=C1CCC1C(=O)c1ccccc1. The molecule has 85 heavy (non-hydrogen) atoms. The minimum Gasteiger partial charge on any atom is -0.380 e. The van der Waals surface area contributed by atoms with Crippen LogP contribution in [-0.4, -0.2) is 59.3 Å². The van der Waals surface area contributed by atoms with Crippen molar-refractivity contribution >= 4 is 34.7 Å². The van der Waals surface area contributed by atoms with Crippen LogP contribution < -0.4 is 0 Å². The number of ether oxygens (including phenoxy) is 3. The Morgan fingerprint density at radius 2 is 0.788 bits per heavy atom. The third-order valence-electron chi connectivity index (χ3n) is 13.8. The highest BCUT2D eigenvalue weighted by atomic mass is 16.7. The van der Waals surface area contributed by atoms with E-state index in [0.717, 1.165) is 47.9 Å². The lowest BCUT2D eigenvalue weighted by atomic mass is 9.78. The largest absolute Gasteiger partial charge is 0.380 e. The van der Waals surface area contributed by atoms with Crippen molar-refractivity contribution in [1.82, 2.24) is 0 Å². The third kappa shape index (κ3) is 20.0. The molecule has 10 nitrogen and oxygen atoms in total. The van der Waals surface area contributed by atoms with Crippen molar-refractivity contribution in [3.8, 4) is 0 Å². The second-order valence-corrected chi connectivity index (χ2v) is 20.6. The molecule has 10 heteroatoms. The van der Waals surface area contributed by atoms with Crippen LogP contribution >= 0.6 is 0 Å². The molecule has 1 saturated heterocycles. The molecule has 1 N–H and O–H groups in total. The van der Waals surface area contributed by atoms with Gasteiger partial charge in [-0.15, -0.1) is 0 Å². The molecule has 0 spiro atoms. The smallest absolute Gasteiger partial charge is 0.196 e. The van der Waals surface area contributed by atoms with Crippen LogP contribution in [0.4, 0.5) is 0 Å². The van der Waals surface area contributed by atoms with Crippen LogP contribution in [0.3, 0.4) is 0 Å². The Labute approximate surface area is 499 Å². The minimum atomic E-state index is -1.08. The maximum Gasteiger partial charge on any atom is 0.196 e. The Morgan fingerprint density at radius 1 is 0.435 bits per heavy atom. The van der Waals surface area contributed by atoms with Gasteiger partial charge >= 0.3 is 0 Å². The standard InChI is InChI=1S/C19H20O3.C18H20O2.C14H12O2.C13H10O.C11H10O2/c20-18(15-9-3-1-4-10-15)19(16-11-5-2-6-12-16)22-17-13-7-8-14-21-17;1-14(2)13-20-18(16-11-7-4-8-12-16)17(19)15-9-5-3-6-10-15;15-13(11-7-3-1-4-8-11)14(16)12-9-5-2-6-10-12;14-13(11-7-3-1-4-8-11)12-9-5-2-6-10-12;12-10-7-6-9(10)11(13)8-4-2-1-3-5-8/h1-6,9-12,17,19H,7-8,13-14H2;3-12,14,18H,13H2,1-2H3;1-10,13,15H;1-10H;1-5,9H,6-7H2. The van der Waals surface area contributed by atoms with Crippen LogP contribution in [-0.2, 0) is 19.0 Å². The second-order valence-electron chi connectivity index (χ2n) is 20.6. The average molecular weight is 1130 g/mol. The molecular weight excluding hydrogens is 1060 g/mol. The van der Waals surface area contributed by atoms with Crippen LogP contribution in [0.25, 0.3) is 0 Å². The minimum absolute atomic E-state index is 0.0115. The number of carbonyl (C=O) groups excluding carboxylic acids is 6. The summed E-state index contributed by atoms with van der Waals surface area (Å²) in [6.45, 7) is 5.42. The van der Waals surface area contributed by atoms with Gasteiger partial charge in [0.25, 0.3) is 0 Å². The predicted octanol–water partition coefficient (Wildman–Crippen LogP) is 15.8. The van der Waals surface area contributed by atoms with E-state index < -0.39 is 18.3 Å². The highest BCUT2D eigenvalue weighted by Crippen LogP contribution is 2.29. The first-order valence-electron chi connectivity index (χ1n) is 28.7. The number of hydrogen-bond donors (Lipinski definition) is 1. The zero-order valence-electron chi connectivity index (χ0n) is 48.0. The van der Waals surface area contributed by atoms with Crippen LogP contribution in [0.5, 0.6) is 0 Å². The molecule has 432 valence electrons. The van der Waals surface area contributed by atoms with Crippen LogP contribution in [0.1, 0.15) is 138 Å². The molecule has 11 rings (SSSR count). The summed E-state index contributed by atoms with van der Waals surface area (Å²) in [5.41, 5.74) is 6.39. The van der Waals surface area contributed by atoms with E-state index >= 15 is 0 Å². The van der Waals surface area contributed by atoms with Crippen molar-refractivity contribution in [2.24, 2.45) is 11.8 Å². The first-order valence-corrected chi connectivity index (χ1v) is 28.7. The Kier molecular flexibility index (Phi) is 25.7. The molecule has 1 saturated carbocycles. The van der Waals surface area contributed by atoms with Crippen molar-refractivity contribution in [3.05, 3.63) is 323 Å². The van der Waals surface area contributed by atoms with E-state index in [1.165, 1.54) is 0 Å². The lowest BCUT2D eigenvalue weighted by Crippen LogP contribution is -2.32. The molecule has 1 aliphatic heterocycles. The van der Waals surface area contributed by atoms with Gasteiger partial charge in [0.1, 0.15) is 24.1 Å². The normalized spacial score (nSPS) is 15.0. The molecule has 0 amide bonds. The summed E-state index contributed by atoms with van der Waals surface area (Å²) in [5, 5.41) is 9.89. The number of benzene rings is 9.